The lowest BCUT2D eigenvalue weighted by Gasteiger charge is -2.26. The van der Waals surface area contributed by atoms with Crippen molar-refractivity contribution in [2.45, 2.75) is 6.54 Å². The number of morpholine rings is 1. The van der Waals surface area contributed by atoms with Crippen LogP contribution in [0.5, 0.6) is 0 Å². The first kappa shape index (κ1) is 15.1. The normalized spacial score (nSPS) is 16.7. The summed E-state index contributed by atoms with van der Waals surface area (Å²) in [6, 6.07) is 3.50. The van der Waals surface area contributed by atoms with Gasteiger partial charge in [0.05, 0.1) is 31.7 Å². The SMILES string of the molecule is O=S(=O)(NCc1nccnc1-c1ccco1)N1CCOCC1. The van der Waals surface area contributed by atoms with Crippen molar-refractivity contribution in [1.82, 2.24) is 19.0 Å². The van der Waals surface area contributed by atoms with Gasteiger partial charge in [-0.2, -0.15) is 17.4 Å². The van der Waals surface area contributed by atoms with Crippen LogP contribution in [0.25, 0.3) is 11.5 Å². The lowest BCUT2D eigenvalue weighted by Crippen LogP contribution is -2.46. The molecule has 0 aliphatic carbocycles. The van der Waals surface area contributed by atoms with E-state index in [1.54, 1.807) is 12.1 Å². The molecule has 0 aromatic carbocycles. The molecule has 3 rings (SSSR count). The van der Waals surface area contributed by atoms with E-state index in [2.05, 4.69) is 14.7 Å². The highest BCUT2D eigenvalue weighted by Gasteiger charge is 2.24. The number of furan rings is 1. The molecule has 0 bridgehead atoms. The van der Waals surface area contributed by atoms with Crippen LogP contribution in [0.4, 0.5) is 0 Å². The predicted molar refractivity (Wildman–Crippen MR) is 77.9 cm³/mol. The Morgan fingerprint density at radius 3 is 2.73 bits per heavy atom. The van der Waals surface area contributed by atoms with Crippen LogP contribution >= 0.6 is 0 Å². The van der Waals surface area contributed by atoms with Crippen molar-refractivity contribution in [1.29, 1.82) is 0 Å². The number of nitrogens with one attached hydrogen (secondary N) is 1. The first-order valence-electron chi connectivity index (χ1n) is 6.83. The highest BCUT2D eigenvalue weighted by Crippen LogP contribution is 2.20. The first-order chi connectivity index (χ1) is 10.7. The second kappa shape index (κ2) is 6.53. The Morgan fingerprint density at radius 2 is 2.00 bits per heavy atom. The Balaban J connectivity index is 1.74. The second-order valence-corrected chi connectivity index (χ2v) is 6.42. The molecule has 1 N–H and O–H groups in total. The molecule has 2 aromatic heterocycles. The van der Waals surface area contributed by atoms with Crippen LogP contribution in [0.1, 0.15) is 5.69 Å². The molecule has 1 aliphatic heterocycles. The summed E-state index contributed by atoms with van der Waals surface area (Å²) in [5, 5.41) is 0. The molecule has 1 aliphatic rings. The van der Waals surface area contributed by atoms with Crippen molar-refractivity contribution >= 4 is 10.2 Å². The highest BCUT2D eigenvalue weighted by atomic mass is 32.2. The smallest absolute Gasteiger partial charge is 0.279 e. The lowest BCUT2D eigenvalue weighted by atomic mass is 10.2. The van der Waals surface area contributed by atoms with Crippen LogP contribution in [0, 0.1) is 0 Å². The third kappa shape index (κ3) is 3.33. The molecule has 2 aromatic rings. The van der Waals surface area contributed by atoms with E-state index in [1.807, 2.05) is 0 Å². The molecule has 0 radical (unpaired) electrons. The fourth-order valence-electron chi connectivity index (χ4n) is 2.15. The zero-order valence-electron chi connectivity index (χ0n) is 11.8. The molecule has 0 atom stereocenters. The lowest BCUT2D eigenvalue weighted by molar-refractivity contribution is 0.0724. The topological polar surface area (TPSA) is 97.6 Å². The van der Waals surface area contributed by atoms with E-state index in [-0.39, 0.29) is 6.54 Å². The Morgan fingerprint density at radius 1 is 1.23 bits per heavy atom. The molecule has 8 nitrogen and oxygen atoms in total. The Labute approximate surface area is 128 Å². The molecular weight excluding hydrogens is 308 g/mol. The quantitative estimate of drug-likeness (QED) is 0.855. The van der Waals surface area contributed by atoms with Crippen LogP contribution in [0.2, 0.25) is 0 Å². The Bertz CT molecular complexity index is 711. The van der Waals surface area contributed by atoms with Crippen molar-refractivity contribution < 1.29 is 17.6 Å². The largest absolute Gasteiger partial charge is 0.463 e. The van der Waals surface area contributed by atoms with Gasteiger partial charge in [0.25, 0.3) is 10.2 Å². The third-order valence-corrected chi connectivity index (χ3v) is 4.81. The minimum Gasteiger partial charge on any atom is -0.463 e. The van der Waals surface area contributed by atoms with Gasteiger partial charge in [0.1, 0.15) is 5.69 Å². The van der Waals surface area contributed by atoms with Crippen LogP contribution in [-0.4, -0.2) is 49.0 Å². The average molecular weight is 324 g/mol. The Kier molecular flexibility index (Phi) is 4.48. The molecule has 0 saturated carbocycles. The van der Waals surface area contributed by atoms with E-state index in [0.29, 0.717) is 43.5 Å². The van der Waals surface area contributed by atoms with Gasteiger partial charge >= 0.3 is 0 Å². The van der Waals surface area contributed by atoms with Crippen LogP contribution in [-0.2, 0) is 21.5 Å². The molecular formula is C13H16N4O4S. The number of hydrogen-bond donors (Lipinski definition) is 1. The zero-order chi connectivity index (χ0) is 15.4. The van der Waals surface area contributed by atoms with Gasteiger partial charge in [-0.1, -0.05) is 0 Å². The van der Waals surface area contributed by atoms with E-state index < -0.39 is 10.2 Å². The van der Waals surface area contributed by atoms with Crippen molar-refractivity contribution in [3.05, 3.63) is 36.5 Å². The van der Waals surface area contributed by atoms with E-state index in [0.717, 1.165) is 0 Å². The summed E-state index contributed by atoms with van der Waals surface area (Å²) in [6.07, 6.45) is 4.59. The van der Waals surface area contributed by atoms with Crippen LogP contribution in [0.15, 0.2) is 35.2 Å². The number of hydrogen-bond acceptors (Lipinski definition) is 6. The molecule has 0 spiro atoms. The number of ether oxygens (including phenoxy) is 1. The maximum Gasteiger partial charge on any atom is 0.279 e. The number of nitrogens with zero attached hydrogens (tertiary/aromatic N) is 3. The van der Waals surface area contributed by atoms with E-state index in [9.17, 15) is 8.42 Å². The highest BCUT2D eigenvalue weighted by molar-refractivity contribution is 7.87. The molecule has 9 heteroatoms. The van der Waals surface area contributed by atoms with Crippen molar-refractivity contribution in [3.63, 3.8) is 0 Å². The van der Waals surface area contributed by atoms with E-state index >= 15 is 0 Å². The van der Waals surface area contributed by atoms with Crippen molar-refractivity contribution in [2.24, 2.45) is 0 Å². The van der Waals surface area contributed by atoms with Crippen LogP contribution < -0.4 is 4.72 Å². The van der Waals surface area contributed by atoms with Crippen molar-refractivity contribution in [3.8, 4) is 11.5 Å². The number of rotatable bonds is 5. The summed E-state index contributed by atoms with van der Waals surface area (Å²) in [5.41, 5.74) is 1.03. The van der Waals surface area contributed by atoms with E-state index in [4.69, 9.17) is 9.15 Å². The molecule has 118 valence electrons. The first-order valence-corrected chi connectivity index (χ1v) is 8.27. The fourth-order valence-corrected chi connectivity index (χ4v) is 3.28. The summed E-state index contributed by atoms with van der Waals surface area (Å²) in [4.78, 5) is 8.40. The summed E-state index contributed by atoms with van der Waals surface area (Å²) in [6.45, 7) is 1.55. The predicted octanol–water partition coefficient (Wildman–Crippen LogP) is 0.403. The molecule has 0 amide bonds. The minimum absolute atomic E-state index is 0.0452. The van der Waals surface area contributed by atoms with Crippen molar-refractivity contribution in [2.75, 3.05) is 26.3 Å². The van der Waals surface area contributed by atoms with Gasteiger partial charge < -0.3 is 9.15 Å². The molecule has 0 unspecified atom stereocenters. The van der Waals surface area contributed by atoms with Crippen LogP contribution in [0.3, 0.4) is 0 Å². The molecule has 1 saturated heterocycles. The molecule has 22 heavy (non-hydrogen) atoms. The minimum atomic E-state index is -3.56. The maximum atomic E-state index is 12.2. The second-order valence-electron chi connectivity index (χ2n) is 4.67. The molecule has 1 fully saturated rings. The average Bonchev–Trinajstić information content (AvgIpc) is 3.08. The van der Waals surface area contributed by atoms with Gasteiger partial charge in [0.15, 0.2) is 5.76 Å². The Hall–Kier alpha value is -1.81. The third-order valence-electron chi connectivity index (χ3n) is 3.26. The van der Waals surface area contributed by atoms with Gasteiger partial charge in [0, 0.05) is 25.5 Å². The summed E-state index contributed by atoms with van der Waals surface area (Å²) in [7, 11) is -3.56. The standard InChI is InChI=1S/C13H16N4O4S/c18-22(19,17-5-8-20-9-6-17)16-10-11-13(15-4-3-14-11)12-2-1-7-21-12/h1-4,7,16H,5-6,8-10H2. The summed E-state index contributed by atoms with van der Waals surface area (Å²) < 4.78 is 38.9. The molecule has 3 heterocycles. The zero-order valence-corrected chi connectivity index (χ0v) is 12.6. The number of aromatic nitrogens is 2. The summed E-state index contributed by atoms with van der Waals surface area (Å²) >= 11 is 0. The van der Waals surface area contributed by atoms with Gasteiger partial charge in [-0.25, -0.2) is 4.98 Å². The van der Waals surface area contributed by atoms with E-state index in [1.165, 1.54) is 23.0 Å². The van der Waals surface area contributed by atoms with Gasteiger partial charge in [-0.15, -0.1) is 0 Å². The maximum absolute atomic E-state index is 12.2. The van der Waals surface area contributed by atoms with Gasteiger partial charge in [0.2, 0.25) is 0 Å². The van der Waals surface area contributed by atoms with Gasteiger partial charge in [-0.3, -0.25) is 4.98 Å². The van der Waals surface area contributed by atoms with Gasteiger partial charge in [-0.05, 0) is 12.1 Å². The summed E-state index contributed by atoms with van der Waals surface area (Å²) in [5.74, 6) is 0.550. The monoisotopic (exact) mass is 324 g/mol. The fraction of sp³-hybridized carbons (Fsp3) is 0.385.